The lowest BCUT2D eigenvalue weighted by molar-refractivity contribution is -0.117. The molecule has 0 spiro atoms. The molecule has 1 amide bonds. The van der Waals surface area contributed by atoms with Crippen LogP contribution in [0.5, 0.6) is 0 Å². The van der Waals surface area contributed by atoms with Crippen LogP contribution in [0.3, 0.4) is 0 Å². The predicted molar refractivity (Wildman–Crippen MR) is 81.3 cm³/mol. The third-order valence-corrected chi connectivity index (χ3v) is 4.75. The number of aromatic nitrogens is 3. The normalized spacial score (nSPS) is 19.9. The number of hydrogen-bond acceptors (Lipinski definition) is 6. The van der Waals surface area contributed by atoms with E-state index >= 15 is 0 Å². The second-order valence-electron chi connectivity index (χ2n) is 5.60. The van der Waals surface area contributed by atoms with E-state index in [1.807, 2.05) is 13.1 Å². The molecule has 0 saturated heterocycles. The molecule has 21 heavy (non-hydrogen) atoms. The molecule has 1 N–H and O–H groups in total. The molecule has 1 unspecified atom stereocenters. The summed E-state index contributed by atoms with van der Waals surface area (Å²) in [6, 6.07) is 2.05. The molecule has 1 aliphatic heterocycles. The van der Waals surface area contributed by atoms with Gasteiger partial charge in [0, 0.05) is 24.7 Å². The quantitative estimate of drug-likeness (QED) is 0.922. The van der Waals surface area contributed by atoms with Crippen LogP contribution in [-0.2, 0) is 4.79 Å². The summed E-state index contributed by atoms with van der Waals surface area (Å²) in [5.41, 5.74) is 3.81. The summed E-state index contributed by atoms with van der Waals surface area (Å²) in [6.07, 6.45) is 3.68. The van der Waals surface area contributed by atoms with Crippen molar-refractivity contribution in [2.45, 2.75) is 25.8 Å². The smallest absolute Gasteiger partial charge is 0.228 e. The molecular weight excluding hydrogens is 286 g/mol. The first-order chi connectivity index (χ1) is 10.2. The summed E-state index contributed by atoms with van der Waals surface area (Å²) >= 11 is 1.22. The number of nitrogens with zero attached hydrogens (tertiary/aromatic N) is 4. The fraction of sp³-hybridized carbons (Fsp3) is 0.429. The zero-order valence-electron chi connectivity index (χ0n) is 11.8. The first-order valence-electron chi connectivity index (χ1n) is 7.02. The lowest BCUT2D eigenvalue weighted by Crippen LogP contribution is -2.28. The van der Waals surface area contributed by atoms with Crippen molar-refractivity contribution >= 4 is 29.1 Å². The zero-order chi connectivity index (χ0) is 14.6. The van der Waals surface area contributed by atoms with Crippen LogP contribution in [0.1, 0.15) is 31.5 Å². The number of rotatable bonds is 2. The lowest BCUT2D eigenvalue weighted by atomic mass is 9.99. The molecule has 4 rings (SSSR count). The highest BCUT2D eigenvalue weighted by Crippen LogP contribution is 2.45. The van der Waals surface area contributed by atoms with Gasteiger partial charge < -0.3 is 10.2 Å². The minimum absolute atomic E-state index is 0.0687. The van der Waals surface area contributed by atoms with Gasteiger partial charge in [0.1, 0.15) is 11.4 Å². The lowest BCUT2D eigenvalue weighted by Gasteiger charge is -2.33. The third-order valence-electron chi connectivity index (χ3n) is 4.21. The summed E-state index contributed by atoms with van der Waals surface area (Å²) in [7, 11) is 2.00. The van der Waals surface area contributed by atoms with E-state index in [-0.39, 0.29) is 17.9 Å². The fourth-order valence-electron chi connectivity index (χ4n) is 2.69. The average Bonchev–Trinajstić information content (AvgIpc) is 3.22. The number of pyridine rings is 1. The van der Waals surface area contributed by atoms with E-state index in [9.17, 15) is 4.79 Å². The Morgan fingerprint density at radius 2 is 2.24 bits per heavy atom. The van der Waals surface area contributed by atoms with E-state index in [0.29, 0.717) is 5.82 Å². The maximum Gasteiger partial charge on any atom is 0.228 e. The molecule has 0 radical (unpaired) electrons. The summed E-state index contributed by atoms with van der Waals surface area (Å²) in [6.45, 7) is 2.09. The maximum absolute atomic E-state index is 12.0. The van der Waals surface area contributed by atoms with Gasteiger partial charge in [-0.2, -0.15) is 8.75 Å². The van der Waals surface area contributed by atoms with Gasteiger partial charge in [0.2, 0.25) is 5.91 Å². The van der Waals surface area contributed by atoms with Crippen molar-refractivity contribution in [2.24, 2.45) is 5.92 Å². The summed E-state index contributed by atoms with van der Waals surface area (Å²) in [5.74, 6) is 0.849. The number of carbonyl (C=O) groups excluding carboxylic acids is 1. The number of carbonyl (C=O) groups is 1. The Morgan fingerprint density at radius 1 is 1.43 bits per heavy atom. The van der Waals surface area contributed by atoms with Crippen molar-refractivity contribution in [1.82, 2.24) is 13.7 Å². The van der Waals surface area contributed by atoms with E-state index in [0.717, 1.165) is 35.5 Å². The van der Waals surface area contributed by atoms with Crippen LogP contribution >= 0.6 is 11.7 Å². The van der Waals surface area contributed by atoms with Crippen LogP contribution in [-0.4, -0.2) is 26.7 Å². The van der Waals surface area contributed by atoms with E-state index in [1.165, 1.54) is 11.7 Å². The summed E-state index contributed by atoms with van der Waals surface area (Å²) in [4.78, 5) is 18.5. The second-order valence-corrected chi connectivity index (χ2v) is 6.13. The van der Waals surface area contributed by atoms with Gasteiger partial charge >= 0.3 is 0 Å². The molecule has 1 fully saturated rings. The van der Waals surface area contributed by atoms with E-state index in [2.05, 4.69) is 30.9 Å². The van der Waals surface area contributed by atoms with Gasteiger partial charge in [0.15, 0.2) is 5.82 Å². The number of fused-ring (bicyclic) bond motifs is 3. The number of amides is 1. The average molecular weight is 301 g/mol. The SMILES string of the molecule is CC1c2nsnc2-c2ccnc(NC(=O)C3CC3)c2N1C. The van der Waals surface area contributed by atoms with Crippen molar-refractivity contribution < 1.29 is 4.79 Å². The van der Waals surface area contributed by atoms with Gasteiger partial charge in [-0.05, 0) is 25.8 Å². The van der Waals surface area contributed by atoms with E-state index < -0.39 is 0 Å². The van der Waals surface area contributed by atoms with Crippen molar-refractivity contribution in [2.75, 3.05) is 17.3 Å². The Hall–Kier alpha value is -2.02. The third kappa shape index (κ3) is 1.91. The van der Waals surface area contributed by atoms with Crippen molar-refractivity contribution in [1.29, 1.82) is 0 Å². The van der Waals surface area contributed by atoms with Crippen LogP contribution in [0.15, 0.2) is 12.3 Å². The molecule has 3 heterocycles. The topological polar surface area (TPSA) is 71.0 Å². The molecule has 1 aliphatic carbocycles. The Balaban J connectivity index is 1.82. The van der Waals surface area contributed by atoms with Gasteiger partial charge in [-0.1, -0.05) is 0 Å². The van der Waals surface area contributed by atoms with Crippen LogP contribution in [0.4, 0.5) is 11.5 Å². The first kappa shape index (κ1) is 12.7. The Bertz CT molecular complexity index is 724. The summed E-state index contributed by atoms with van der Waals surface area (Å²) < 4.78 is 8.81. The zero-order valence-corrected chi connectivity index (χ0v) is 12.6. The number of anilines is 2. The molecule has 0 bridgehead atoms. The Morgan fingerprint density at radius 3 is 3.00 bits per heavy atom. The minimum Gasteiger partial charge on any atom is -0.363 e. The fourth-order valence-corrected chi connectivity index (χ4v) is 3.33. The molecule has 2 aromatic heterocycles. The maximum atomic E-state index is 12.0. The highest BCUT2D eigenvalue weighted by Gasteiger charge is 2.34. The van der Waals surface area contributed by atoms with E-state index in [4.69, 9.17) is 0 Å². The van der Waals surface area contributed by atoms with Crippen LogP contribution in [0.2, 0.25) is 0 Å². The van der Waals surface area contributed by atoms with Gasteiger partial charge in [-0.15, -0.1) is 0 Å². The molecule has 2 aromatic rings. The number of nitrogens with one attached hydrogen (secondary N) is 1. The first-order valence-corrected chi connectivity index (χ1v) is 7.75. The van der Waals surface area contributed by atoms with Crippen molar-refractivity contribution in [3.8, 4) is 11.3 Å². The molecule has 7 heteroatoms. The molecule has 6 nitrogen and oxygen atoms in total. The molecule has 0 aromatic carbocycles. The van der Waals surface area contributed by atoms with Gasteiger partial charge in [0.05, 0.1) is 23.5 Å². The van der Waals surface area contributed by atoms with Gasteiger partial charge in [0.25, 0.3) is 0 Å². The van der Waals surface area contributed by atoms with Crippen molar-refractivity contribution in [3.63, 3.8) is 0 Å². The monoisotopic (exact) mass is 301 g/mol. The second kappa shape index (κ2) is 4.49. The van der Waals surface area contributed by atoms with Gasteiger partial charge in [-0.3, -0.25) is 4.79 Å². The standard InChI is InChI=1S/C14H15N5OS/c1-7-10-11(18-21-17-10)9-5-6-15-13(12(9)19(7)2)16-14(20)8-3-4-8/h5-8H,3-4H2,1-2H3,(H,15,16,20). The molecular formula is C14H15N5OS. The predicted octanol–water partition coefficient (Wildman–Crippen LogP) is 2.46. The summed E-state index contributed by atoms with van der Waals surface area (Å²) in [5, 5.41) is 2.97. The molecule has 1 atom stereocenters. The largest absolute Gasteiger partial charge is 0.363 e. The Labute approximate surface area is 126 Å². The van der Waals surface area contributed by atoms with Crippen LogP contribution in [0.25, 0.3) is 11.3 Å². The highest BCUT2D eigenvalue weighted by atomic mass is 32.1. The van der Waals surface area contributed by atoms with E-state index in [1.54, 1.807) is 6.20 Å². The Kier molecular flexibility index (Phi) is 2.72. The molecule has 1 saturated carbocycles. The minimum atomic E-state index is 0.0687. The number of hydrogen-bond donors (Lipinski definition) is 1. The molecule has 108 valence electrons. The van der Waals surface area contributed by atoms with Crippen LogP contribution in [0, 0.1) is 5.92 Å². The highest BCUT2D eigenvalue weighted by molar-refractivity contribution is 6.99. The molecule has 2 aliphatic rings. The van der Waals surface area contributed by atoms with Crippen LogP contribution < -0.4 is 10.2 Å². The van der Waals surface area contributed by atoms with Gasteiger partial charge in [-0.25, -0.2) is 4.98 Å². The van der Waals surface area contributed by atoms with Crippen molar-refractivity contribution in [3.05, 3.63) is 18.0 Å².